The maximum absolute atomic E-state index is 12.5. The Morgan fingerprint density at radius 3 is 2.47 bits per heavy atom. The zero-order valence-corrected chi connectivity index (χ0v) is 17.4. The van der Waals surface area contributed by atoms with Gasteiger partial charge in [-0.25, -0.2) is 0 Å². The molecule has 1 fully saturated rings. The van der Waals surface area contributed by atoms with Gasteiger partial charge in [0.05, 0.1) is 12.7 Å². The van der Waals surface area contributed by atoms with Crippen molar-refractivity contribution in [3.05, 3.63) is 65.4 Å². The molecular weight excluding hydrogens is 380 g/mol. The highest BCUT2D eigenvalue weighted by atomic mass is 16.5. The van der Waals surface area contributed by atoms with Gasteiger partial charge in [0.1, 0.15) is 5.58 Å². The number of carbonyl (C=O) groups is 2. The molecule has 0 bridgehead atoms. The molecule has 1 aliphatic rings. The zero-order chi connectivity index (χ0) is 21.1. The highest BCUT2D eigenvalue weighted by Gasteiger charge is 2.22. The van der Waals surface area contributed by atoms with Crippen molar-refractivity contribution in [1.29, 1.82) is 0 Å². The molecule has 0 radical (unpaired) electrons. The van der Waals surface area contributed by atoms with Gasteiger partial charge in [-0.05, 0) is 37.1 Å². The lowest BCUT2D eigenvalue weighted by Crippen LogP contribution is -2.49. The Morgan fingerprint density at radius 1 is 1.00 bits per heavy atom. The van der Waals surface area contributed by atoms with Gasteiger partial charge in [0.2, 0.25) is 0 Å². The zero-order valence-electron chi connectivity index (χ0n) is 17.4. The Morgan fingerprint density at radius 2 is 1.73 bits per heavy atom. The van der Waals surface area contributed by atoms with Gasteiger partial charge < -0.3 is 19.0 Å². The standard InChI is InChI=1S/C24H26N2O4/c1-17-8-9-21-19(15-30-24(21)18(17)2)14-23(28)29-16-22(27)26-12-10-25(11-13-26)20-6-4-3-5-7-20/h3-9,15H,10-14,16H2,1-2H3. The number of esters is 1. The van der Waals surface area contributed by atoms with Gasteiger partial charge in [-0.1, -0.05) is 30.3 Å². The number of ether oxygens (including phenoxy) is 1. The van der Waals surface area contributed by atoms with Crippen molar-refractivity contribution in [3.8, 4) is 0 Å². The lowest BCUT2D eigenvalue weighted by Gasteiger charge is -2.36. The Kier molecular flexibility index (Phi) is 5.74. The molecule has 6 heteroatoms. The second-order valence-corrected chi connectivity index (χ2v) is 7.69. The van der Waals surface area contributed by atoms with Crippen LogP contribution in [0.2, 0.25) is 0 Å². The third-order valence-corrected chi connectivity index (χ3v) is 5.79. The summed E-state index contributed by atoms with van der Waals surface area (Å²) >= 11 is 0. The van der Waals surface area contributed by atoms with E-state index in [-0.39, 0.29) is 18.9 Å². The van der Waals surface area contributed by atoms with E-state index in [4.69, 9.17) is 9.15 Å². The quantitative estimate of drug-likeness (QED) is 0.607. The van der Waals surface area contributed by atoms with Crippen LogP contribution in [-0.2, 0) is 20.7 Å². The highest BCUT2D eigenvalue weighted by Crippen LogP contribution is 2.27. The van der Waals surface area contributed by atoms with Gasteiger partial charge in [0.15, 0.2) is 6.61 Å². The third kappa shape index (κ3) is 4.17. The van der Waals surface area contributed by atoms with Crippen LogP contribution in [0.15, 0.2) is 53.1 Å². The van der Waals surface area contributed by atoms with Crippen LogP contribution in [-0.4, -0.2) is 49.6 Å². The first-order valence-electron chi connectivity index (χ1n) is 10.2. The molecule has 2 heterocycles. The molecule has 1 aliphatic heterocycles. The smallest absolute Gasteiger partial charge is 0.310 e. The summed E-state index contributed by atoms with van der Waals surface area (Å²) in [5.74, 6) is -0.577. The van der Waals surface area contributed by atoms with Crippen LogP contribution in [0.25, 0.3) is 11.0 Å². The molecule has 0 aliphatic carbocycles. The van der Waals surface area contributed by atoms with Gasteiger partial charge in [-0.3, -0.25) is 9.59 Å². The van der Waals surface area contributed by atoms with Crippen molar-refractivity contribution in [2.24, 2.45) is 0 Å². The highest BCUT2D eigenvalue weighted by molar-refractivity contribution is 5.89. The monoisotopic (exact) mass is 406 g/mol. The molecule has 4 rings (SSSR count). The van der Waals surface area contributed by atoms with E-state index in [1.54, 1.807) is 11.2 Å². The van der Waals surface area contributed by atoms with E-state index in [2.05, 4.69) is 17.0 Å². The van der Waals surface area contributed by atoms with Crippen LogP contribution in [0.4, 0.5) is 5.69 Å². The van der Waals surface area contributed by atoms with Crippen molar-refractivity contribution in [2.45, 2.75) is 20.3 Å². The lowest BCUT2D eigenvalue weighted by atomic mass is 10.0. The van der Waals surface area contributed by atoms with E-state index in [0.717, 1.165) is 46.4 Å². The van der Waals surface area contributed by atoms with Crippen molar-refractivity contribution in [1.82, 2.24) is 4.90 Å². The van der Waals surface area contributed by atoms with Crippen LogP contribution in [0.5, 0.6) is 0 Å². The summed E-state index contributed by atoms with van der Waals surface area (Å²) in [5.41, 5.74) is 4.95. The molecule has 30 heavy (non-hydrogen) atoms. The predicted octanol–water partition coefficient (Wildman–Crippen LogP) is 3.48. The van der Waals surface area contributed by atoms with E-state index in [1.165, 1.54) is 0 Å². The number of piperazine rings is 1. The molecule has 1 saturated heterocycles. The fraction of sp³-hybridized carbons (Fsp3) is 0.333. The van der Waals surface area contributed by atoms with Crippen molar-refractivity contribution in [3.63, 3.8) is 0 Å². The number of hydrogen-bond acceptors (Lipinski definition) is 5. The fourth-order valence-electron chi connectivity index (χ4n) is 3.82. The van der Waals surface area contributed by atoms with E-state index in [1.807, 2.05) is 44.2 Å². The number of para-hydroxylation sites is 1. The third-order valence-electron chi connectivity index (χ3n) is 5.79. The van der Waals surface area contributed by atoms with E-state index in [0.29, 0.717) is 13.1 Å². The summed E-state index contributed by atoms with van der Waals surface area (Å²) in [6, 6.07) is 14.1. The first-order chi connectivity index (χ1) is 14.5. The Balaban J connectivity index is 1.27. The molecule has 6 nitrogen and oxygen atoms in total. The number of nitrogens with zero attached hydrogens (tertiary/aromatic N) is 2. The second kappa shape index (κ2) is 8.61. The molecule has 0 unspecified atom stereocenters. The minimum absolute atomic E-state index is 0.0879. The van der Waals surface area contributed by atoms with Gasteiger partial charge in [0.25, 0.3) is 5.91 Å². The average molecular weight is 406 g/mol. The van der Waals surface area contributed by atoms with Gasteiger partial charge in [-0.2, -0.15) is 0 Å². The molecule has 1 aromatic heterocycles. The molecule has 0 saturated carbocycles. The number of rotatable bonds is 5. The summed E-state index contributed by atoms with van der Waals surface area (Å²) in [5, 5.41) is 0.915. The molecule has 1 amide bonds. The topological polar surface area (TPSA) is 63.0 Å². The summed E-state index contributed by atoms with van der Waals surface area (Å²) in [6.07, 6.45) is 1.69. The largest absolute Gasteiger partial charge is 0.464 e. The normalized spacial score (nSPS) is 14.2. The van der Waals surface area contributed by atoms with Crippen molar-refractivity contribution >= 4 is 28.5 Å². The molecule has 3 aromatic rings. The lowest BCUT2D eigenvalue weighted by molar-refractivity contribution is -0.151. The van der Waals surface area contributed by atoms with Gasteiger partial charge >= 0.3 is 5.97 Å². The first-order valence-corrected chi connectivity index (χ1v) is 10.2. The number of benzene rings is 2. The van der Waals surface area contributed by atoms with Crippen LogP contribution in [0.1, 0.15) is 16.7 Å². The molecular formula is C24H26N2O4. The van der Waals surface area contributed by atoms with Crippen LogP contribution in [0, 0.1) is 13.8 Å². The van der Waals surface area contributed by atoms with E-state index < -0.39 is 5.97 Å². The Bertz CT molecular complexity index is 1050. The van der Waals surface area contributed by atoms with Crippen LogP contribution < -0.4 is 4.90 Å². The summed E-state index contributed by atoms with van der Waals surface area (Å²) in [6.45, 7) is 6.58. The van der Waals surface area contributed by atoms with Crippen LogP contribution in [0.3, 0.4) is 0 Å². The SMILES string of the molecule is Cc1ccc2c(CC(=O)OCC(=O)N3CCN(c4ccccc4)CC3)coc2c1C. The van der Waals surface area contributed by atoms with Crippen molar-refractivity contribution < 1.29 is 18.7 Å². The maximum atomic E-state index is 12.5. The van der Waals surface area contributed by atoms with E-state index >= 15 is 0 Å². The Labute approximate surface area is 176 Å². The molecule has 2 aromatic carbocycles. The van der Waals surface area contributed by atoms with Crippen molar-refractivity contribution in [2.75, 3.05) is 37.7 Å². The number of furan rings is 1. The molecule has 0 atom stereocenters. The Hall–Kier alpha value is -3.28. The van der Waals surface area contributed by atoms with Gasteiger partial charge in [-0.15, -0.1) is 0 Å². The van der Waals surface area contributed by atoms with Gasteiger partial charge in [0, 0.05) is 42.8 Å². The number of anilines is 1. The number of hydrogen-bond donors (Lipinski definition) is 0. The summed E-state index contributed by atoms with van der Waals surface area (Å²) in [4.78, 5) is 28.8. The molecule has 0 spiro atoms. The number of fused-ring (bicyclic) bond motifs is 1. The second-order valence-electron chi connectivity index (χ2n) is 7.69. The average Bonchev–Trinajstić information content (AvgIpc) is 3.18. The number of amides is 1. The summed E-state index contributed by atoms with van der Waals surface area (Å²) < 4.78 is 10.9. The van der Waals surface area contributed by atoms with E-state index in [9.17, 15) is 9.59 Å². The first kappa shape index (κ1) is 20.0. The summed E-state index contributed by atoms with van der Waals surface area (Å²) in [7, 11) is 0. The number of carbonyl (C=O) groups excluding carboxylic acids is 2. The minimum Gasteiger partial charge on any atom is -0.464 e. The minimum atomic E-state index is -0.424. The molecule has 156 valence electrons. The van der Waals surface area contributed by atoms with Crippen LogP contribution >= 0.6 is 0 Å². The number of aryl methyl sites for hydroxylation is 2. The maximum Gasteiger partial charge on any atom is 0.310 e. The molecule has 0 N–H and O–H groups in total. The predicted molar refractivity (Wildman–Crippen MR) is 116 cm³/mol. The fourth-order valence-corrected chi connectivity index (χ4v) is 3.82.